The van der Waals surface area contributed by atoms with Gasteiger partial charge in [-0.2, -0.15) is 0 Å². The lowest BCUT2D eigenvalue weighted by Crippen LogP contribution is -2.12. The van der Waals surface area contributed by atoms with E-state index in [9.17, 15) is 0 Å². The van der Waals surface area contributed by atoms with Crippen LogP contribution in [0.1, 0.15) is 45.6 Å². The lowest BCUT2D eigenvalue weighted by atomic mass is 10.1. The maximum absolute atomic E-state index is 9.00. The maximum Gasteiger partial charge on any atom is 0.134 e. The van der Waals surface area contributed by atoms with Crippen LogP contribution in [0.3, 0.4) is 0 Å². The van der Waals surface area contributed by atoms with E-state index in [-0.39, 0.29) is 6.61 Å². The van der Waals surface area contributed by atoms with Gasteiger partial charge in [0.15, 0.2) is 0 Å². The summed E-state index contributed by atoms with van der Waals surface area (Å²) in [5.74, 6) is 2.24. The van der Waals surface area contributed by atoms with E-state index < -0.39 is 0 Å². The number of aromatic nitrogens is 2. The second-order valence-electron chi connectivity index (χ2n) is 5.19. The van der Waals surface area contributed by atoms with E-state index in [2.05, 4.69) is 41.4 Å². The molecule has 0 radical (unpaired) electrons. The number of nitrogens with zero attached hydrogens (tertiary/aromatic N) is 2. The summed E-state index contributed by atoms with van der Waals surface area (Å²) in [7, 11) is 0. The summed E-state index contributed by atoms with van der Waals surface area (Å²) in [6.07, 6.45) is 5.65. The molecule has 0 bridgehead atoms. The molecule has 0 fully saturated rings. The predicted molar refractivity (Wildman–Crippen MR) is 84.2 cm³/mol. The molecule has 0 aliphatic carbocycles. The van der Waals surface area contributed by atoms with Crippen molar-refractivity contribution >= 4 is 11.6 Å². The molecule has 5 nitrogen and oxygen atoms in total. The quantitative estimate of drug-likeness (QED) is 0.575. The van der Waals surface area contributed by atoms with Gasteiger partial charge in [0.2, 0.25) is 0 Å². The lowest BCUT2D eigenvalue weighted by Gasteiger charge is -2.14. The first-order valence-corrected chi connectivity index (χ1v) is 7.65. The highest BCUT2D eigenvalue weighted by Crippen LogP contribution is 2.20. The molecule has 1 aromatic rings. The Kier molecular flexibility index (Phi) is 7.95. The standard InChI is InChI=1S/C15H28N4O/c1-4-8-16-14-13(5-2)15(19-11-18-14)17-9-6-7-12(3)10-20/h11-12,20H,4-10H2,1-3H3,(H2,16,17,18,19). The largest absolute Gasteiger partial charge is 0.396 e. The molecule has 5 heteroatoms. The minimum atomic E-state index is 0.263. The van der Waals surface area contributed by atoms with Crippen LogP contribution in [0.25, 0.3) is 0 Å². The molecule has 0 aliphatic heterocycles. The molecule has 0 amide bonds. The summed E-state index contributed by atoms with van der Waals surface area (Å²) < 4.78 is 0. The van der Waals surface area contributed by atoms with E-state index in [1.165, 1.54) is 0 Å². The van der Waals surface area contributed by atoms with Crippen molar-refractivity contribution in [1.82, 2.24) is 9.97 Å². The first kappa shape index (κ1) is 16.7. The number of nitrogens with one attached hydrogen (secondary N) is 2. The van der Waals surface area contributed by atoms with Crippen LogP contribution in [-0.4, -0.2) is 34.8 Å². The van der Waals surface area contributed by atoms with Crippen molar-refractivity contribution in [2.24, 2.45) is 5.92 Å². The van der Waals surface area contributed by atoms with E-state index >= 15 is 0 Å². The average Bonchev–Trinajstić information content (AvgIpc) is 2.49. The molecule has 114 valence electrons. The number of hydrogen-bond acceptors (Lipinski definition) is 5. The van der Waals surface area contributed by atoms with Gasteiger partial charge in [-0.3, -0.25) is 0 Å². The summed E-state index contributed by atoms with van der Waals surface area (Å²) in [5.41, 5.74) is 1.15. The third kappa shape index (κ3) is 5.33. The molecular weight excluding hydrogens is 252 g/mol. The molecule has 1 rings (SSSR count). The highest BCUT2D eigenvalue weighted by Gasteiger charge is 2.09. The van der Waals surface area contributed by atoms with Crippen LogP contribution in [-0.2, 0) is 6.42 Å². The molecule has 1 heterocycles. The summed E-state index contributed by atoms with van der Waals surface area (Å²) in [6.45, 7) is 8.39. The van der Waals surface area contributed by atoms with Crippen molar-refractivity contribution in [1.29, 1.82) is 0 Å². The van der Waals surface area contributed by atoms with Crippen molar-refractivity contribution in [3.05, 3.63) is 11.9 Å². The van der Waals surface area contributed by atoms with Gasteiger partial charge in [-0.15, -0.1) is 0 Å². The van der Waals surface area contributed by atoms with Crippen molar-refractivity contribution in [2.75, 3.05) is 30.3 Å². The van der Waals surface area contributed by atoms with Crippen LogP contribution in [0.4, 0.5) is 11.6 Å². The number of rotatable bonds is 10. The Balaban J connectivity index is 2.55. The normalized spacial score (nSPS) is 12.2. The van der Waals surface area contributed by atoms with E-state index in [1.807, 2.05) is 0 Å². The second kappa shape index (κ2) is 9.53. The smallest absolute Gasteiger partial charge is 0.134 e. The third-order valence-corrected chi connectivity index (χ3v) is 3.32. The van der Waals surface area contributed by atoms with Crippen molar-refractivity contribution < 1.29 is 5.11 Å². The molecular formula is C15H28N4O. The zero-order chi connectivity index (χ0) is 14.8. The summed E-state index contributed by atoms with van der Waals surface area (Å²) >= 11 is 0. The van der Waals surface area contributed by atoms with Gasteiger partial charge < -0.3 is 15.7 Å². The minimum absolute atomic E-state index is 0.263. The van der Waals surface area contributed by atoms with E-state index in [0.717, 1.165) is 56.0 Å². The van der Waals surface area contributed by atoms with E-state index in [4.69, 9.17) is 5.11 Å². The van der Waals surface area contributed by atoms with Gasteiger partial charge >= 0.3 is 0 Å². The number of hydrogen-bond donors (Lipinski definition) is 3. The Labute approximate surface area is 122 Å². The molecule has 1 aromatic heterocycles. The Hall–Kier alpha value is -1.36. The topological polar surface area (TPSA) is 70.1 Å². The van der Waals surface area contributed by atoms with Crippen LogP contribution in [0, 0.1) is 5.92 Å². The molecule has 0 aromatic carbocycles. The lowest BCUT2D eigenvalue weighted by molar-refractivity contribution is 0.229. The van der Waals surface area contributed by atoms with Crippen LogP contribution in [0.2, 0.25) is 0 Å². The van der Waals surface area contributed by atoms with Crippen LogP contribution in [0.5, 0.6) is 0 Å². The van der Waals surface area contributed by atoms with Gasteiger partial charge in [-0.25, -0.2) is 9.97 Å². The second-order valence-corrected chi connectivity index (χ2v) is 5.19. The van der Waals surface area contributed by atoms with Crippen molar-refractivity contribution in [3.63, 3.8) is 0 Å². The zero-order valence-corrected chi connectivity index (χ0v) is 12.9. The Bertz CT molecular complexity index is 384. The number of aliphatic hydroxyl groups is 1. The van der Waals surface area contributed by atoms with Gasteiger partial charge in [-0.05, 0) is 31.6 Å². The Morgan fingerprint density at radius 3 is 2.35 bits per heavy atom. The minimum Gasteiger partial charge on any atom is -0.396 e. The van der Waals surface area contributed by atoms with E-state index in [1.54, 1.807) is 6.33 Å². The molecule has 0 aliphatic rings. The molecule has 3 N–H and O–H groups in total. The summed E-state index contributed by atoms with van der Waals surface area (Å²) in [6, 6.07) is 0. The summed E-state index contributed by atoms with van der Waals surface area (Å²) in [4.78, 5) is 8.67. The molecule has 1 atom stereocenters. The van der Waals surface area contributed by atoms with E-state index in [0.29, 0.717) is 5.92 Å². The van der Waals surface area contributed by atoms with Crippen LogP contribution >= 0.6 is 0 Å². The van der Waals surface area contributed by atoms with Crippen molar-refractivity contribution in [2.45, 2.75) is 46.5 Å². The van der Waals surface area contributed by atoms with Crippen LogP contribution < -0.4 is 10.6 Å². The van der Waals surface area contributed by atoms with Gasteiger partial charge in [0.1, 0.15) is 18.0 Å². The number of aliphatic hydroxyl groups excluding tert-OH is 1. The fourth-order valence-electron chi connectivity index (χ4n) is 2.04. The molecule has 20 heavy (non-hydrogen) atoms. The first-order valence-electron chi connectivity index (χ1n) is 7.65. The van der Waals surface area contributed by atoms with Crippen molar-refractivity contribution in [3.8, 4) is 0 Å². The fourth-order valence-corrected chi connectivity index (χ4v) is 2.04. The highest BCUT2D eigenvalue weighted by molar-refractivity contribution is 5.57. The third-order valence-electron chi connectivity index (χ3n) is 3.32. The molecule has 0 saturated carbocycles. The Morgan fingerprint density at radius 2 is 1.80 bits per heavy atom. The first-order chi connectivity index (χ1) is 9.72. The van der Waals surface area contributed by atoms with Gasteiger partial charge in [0.05, 0.1) is 0 Å². The average molecular weight is 280 g/mol. The molecule has 0 spiro atoms. The molecule has 0 saturated heterocycles. The molecule has 1 unspecified atom stereocenters. The monoisotopic (exact) mass is 280 g/mol. The predicted octanol–water partition coefficient (Wildman–Crippen LogP) is 2.68. The van der Waals surface area contributed by atoms with Gasteiger partial charge in [0, 0.05) is 25.3 Å². The zero-order valence-electron chi connectivity index (χ0n) is 12.9. The highest BCUT2D eigenvalue weighted by atomic mass is 16.3. The fraction of sp³-hybridized carbons (Fsp3) is 0.733. The Morgan fingerprint density at radius 1 is 1.15 bits per heavy atom. The van der Waals surface area contributed by atoms with Gasteiger partial charge in [-0.1, -0.05) is 20.8 Å². The van der Waals surface area contributed by atoms with Crippen LogP contribution in [0.15, 0.2) is 6.33 Å². The van der Waals surface area contributed by atoms with Gasteiger partial charge in [0.25, 0.3) is 0 Å². The maximum atomic E-state index is 9.00. The SMILES string of the molecule is CCCNc1ncnc(NCCCC(C)CO)c1CC. The summed E-state index contributed by atoms with van der Waals surface area (Å²) in [5, 5.41) is 15.7. The number of anilines is 2.